The Morgan fingerprint density at radius 1 is 1.22 bits per heavy atom. The molecule has 27 heavy (non-hydrogen) atoms. The van der Waals surface area contributed by atoms with E-state index in [1.54, 1.807) is 22.6 Å². The van der Waals surface area contributed by atoms with Gasteiger partial charge in [-0.2, -0.15) is 0 Å². The van der Waals surface area contributed by atoms with Crippen LogP contribution in [0.4, 0.5) is 18.9 Å². The summed E-state index contributed by atoms with van der Waals surface area (Å²) in [5.41, 5.74) is -0.147. The lowest BCUT2D eigenvalue weighted by molar-refractivity contribution is -0.274. The van der Waals surface area contributed by atoms with E-state index in [1.807, 2.05) is 0 Å². The molecule has 0 saturated heterocycles. The number of hydrogen-bond acceptors (Lipinski definition) is 7. The van der Waals surface area contributed by atoms with Gasteiger partial charge >= 0.3 is 18.3 Å². The quantitative estimate of drug-likeness (QED) is 0.445. The molecule has 148 valence electrons. The van der Waals surface area contributed by atoms with Crippen LogP contribution in [0.1, 0.15) is 0 Å². The third-order valence-electron chi connectivity index (χ3n) is 3.33. The van der Waals surface area contributed by atoms with Gasteiger partial charge in [-0.3, -0.25) is 0 Å². The van der Waals surface area contributed by atoms with E-state index in [9.17, 15) is 22.8 Å². The first-order valence-corrected chi connectivity index (χ1v) is 8.54. The van der Waals surface area contributed by atoms with Crippen molar-refractivity contribution in [3.63, 3.8) is 0 Å². The minimum absolute atomic E-state index is 0.113. The van der Waals surface area contributed by atoms with Gasteiger partial charge in [0.2, 0.25) is 0 Å². The van der Waals surface area contributed by atoms with Crippen LogP contribution in [0.5, 0.6) is 5.75 Å². The molecule has 0 bridgehead atoms. The smallest absolute Gasteiger partial charge is 0.466 e. The van der Waals surface area contributed by atoms with Crippen molar-refractivity contribution in [1.29, 1.82) is 0 Å². The largest absolute Gasteiger partial charge is 0.573 e. The molecule has 0 amide bonds. The van der Waals surface area contributed by atoms with Crippen molar-refractivity contribution in [2.75, 3.05) is 32.5 Å². The molecule has 1 heterocycles. The van der Waals surface area contributed by atoms with Crippen LogP contribution < -0.4 is 9.64 Å². The molecule has 1 aromatic carbocycles. The Kier molecular flexibility index (Phi) is 6.81. The second kappa shape index (κ2) is 8.52. The number of halogens is 5. The van der Waals surface area contributed by atoms with Crippen LogP contribution in [0.3, 0.4) is 0 Å². The third kappa shape index (κ3) is 4.96. The number of benzene rings is 1. The molecule has 0 N–H and O–H groups in total. The Morgan fingerprint density at radius 3 is 2.37 bits per heavy atom. The number of nitrogens with zero attached hydrogens (tertiary/aromatic N) is 1. The third-order valence-corrected chi connectivity index (χ3v) is 4.44. The van der Waals surface area contributed by atoms with Crippen molar-refractivity contribution in [2.24, 2.45) is 0 Å². The maximum absolute atomic E-state index is 12.4. The zero-order valence-electron chi connectivity index (χ0n) is 13.9. The highest BCUT2D eigenvalue weighted by Gasteiger charge is 2.35. The van der Waals surface area contributed by atoms with Crippen LogP contribution in [0, 0.1) is 3.57 Å². The number of esters is 2. The lowest BCUT2D eigenvalue weighted by atomic mass is 10.1. The molecule has 0 saturated carbocycles. The van der Waals surface area contributed by atoms with E-state index < -0.39 is 24.1 Å². The predicted octanol–water partition coefficient (Wildman–Crippen LogP) is 3.24. The standard InChI is InChI=1S/C15H12ClF3INO6/c1-24-13(22)8-5-26-6-21(11(8)14(23)25-2)12-9(16)3-7(4-10(12)20)27-15(17,18)19/h3-4H,5-6H2,1-2H3. The van der Waals surface area contributed by atoms with Gasteiger partial charge in [-0.15, -0.1) is 13.2 Å². The fourth-order valence-corrected chi connectivity index (χ4v) is 3.67. The molecule has 0 fully saturated rings. The Bertz CT molecular complexity index is 775. The second-order valence-corrected chi connectivity index (χ2v) is 6.57. The Hall–Kier alpha value is -1.73. The highest BCUT2D eigenvalue weighted by molar-refractivity contribution is 14.1. The first-order chi connectivity index (χ1) is 12.6. The number of alkyl halides is 3. The summed E-state index contributed by atoms with van der Waals surface area (Å²) in [7, 11) is 2.24. The van der Waals surface area contributed by atoms with Gasteiger partial charge in [-0.25, -0.2) is 9.59 Å². The molecule has 0 aliphatic carbocycles. The van der Waals surface area contributed by atoms with Crippen LogP contribution in [0.25, 0.3) is 0 Å². The molecule has 0 radical (unpaired) electrons. The summed E-state index contributed by atoms with van der Waals surface area (Å²) >= 11 is 7.86. The van der Waals surface area contributed by atoms with Crippen molar-refractivity contribution in [3.05, 3.63) is 32.0 Å². The minimum atomic E-state index is -4.89. The average molecular weight is 522 g/mol. The van der Waals surface area contributed by atoms with Crippen molar-refractivity contribution >= 4 is 51.8 Å². The van der Waals surface area contributed by atoms with Crippen LogP contribution in [0.15, 0.2) is 23.4 Å². The topological polar surface area (TPSA) is 74.3 Å². The number of carbonyl (C=O) groups excluding carboxylic acids is 2. The number of rotatable bonds is 4. The Labute approximate surface area is 170 Å². The highest BCUT2D eigenvalue weighted by atomic mass is 127. The van der Waals surface area contributed by atoms with Crippen LogP contribution in [0.2, 0.25) is 5.02 Å². The van der Waals surface area contributed by atoms with Gasteiger partial charge in [-0.05, 0) is 28.7 Å². The van der Waals surface area contributed by atoms with E-state index in [0.717, 1.165) is 26.4 Å². The van der Waals surface area contributed by atoms with Gasteiger partial charge in [0.05, 0.1) is 37.1 Å². The van der Waals surface area contributed by atoms with E-state index in [-0.39, 0.29) is 38.9 Å². The van der Waals surface area contributed by atoms with Gasteiger partial charge in [0, 0.05) is 9.64 Å². The van der Waals surface area contributed by atoms with Crippen LogP contribution in [-0.2, 0) is 23.8 Å². The van der Waals surface area contributed by atoms with Gasteiger partial charge in [0.25, 0.3) is 0 Å². The lowest BCUT2D eigenvalue weighted by Gasteiger charge is -2.32. The van der Waals surface area contributed by atoms with E-state index in [2.05, 4.69) is 9.47 Å². The molecule has 0 atom stereocenters. The minimum Gasteiger partial charge on any atom is -0.466 e. The summed E-state index contributed by atoms with van der Waals surface area (Å²) in [5, 5.41) is -0.155. The molecule has 1 aliphatic heterocycles. The summed E-state index contributed by atoms with van der Waals surface area (Å²) < 4.78 is 56.0. The number of carbonyl (C=O) groups is 2. The maximum Gasteiger partial charge on any atom is 0.573 e. The van der Waals surface area contributed by atoms with Crippen molar-refractivity contribution in [1.82, 2.24) is 0 Å². The van der Waals surface area contributed by atoms with Crippen LogP contribution >= 0.6 is 34.2 Å². The van der Waals surface area contributed by atoms with Crippen molar-refractivity contribution in [2.45, 2.75) is 6.36 Å². The number of anilines is 1. The number of methoxy groups -OCH3 is 2. The van der Waals surface area contributed by atoms with Crippen molar-refractivity contribution < 1.29 is 41.7 Å². The first-order valence-electron chi connectivity index (χ1n) is 7.09. The second-order valence-electron chi connectivity index (χ2n) is 5.00. The molecule has 0 spiro atoms. The maximum atomic E-state index is 12.4. The summed E-state index contributed by atoms with van der Waals surface area (Å²) in [4.78, 5) is 25.5. The van der Waals surface area contributed by atoms with Crippen LogP contribution in [-0.4, -0.2) is 45.9 Å². The van der Waals surface area contributed by atoms with E-state index in [1.165, 1.54) is 4.90 Å². The predicted molar refractivity (Wildman–Crippen MR) is 95.2 cm³/mol. The molecule has 1 aliphatic rings. The van der Waals surface area contributed by atoms with Gasteiger partial charge in [0.15, 0.2) is 0 Å². The SMILES string of the molecule is COC(=O)C1=C(C(=O)OC)N(c2c(Cl)cc(OC(F)(F)F)cc2I)COC1. The molecular weight excluding hydrogens is 510 g/mol. The fraction of sp³-hybridized carbons (Fsp3) is 0.333. The van der Waals surface area contributed by atoms with Gasteiger partial charge < -0.3 is 23.8 Å². The summed E-state index contributed by atoms with van der Waals surface area (Å²) in [6.45, 7) is -0.406. The van der Waals surface area contributed by atoms with Gasteiger partial charge in [0.1, 0.15) is 18.2 Å². The Morgan fingerprint density at radius 2 is 1.85 bits per heavy atom. The monoisotopic (exact) mass is 521 g/mol. The first kappa shape index (κ1) is 21.6. The van der Waals surface area contributed by atoms with Crippen molar-refractivity contribution in [3.8, 4) is 5.75 Å². The lowest BCUT2D eigenvalue weighted by Crippen LogP contribution is -2.39. The summed E-state index contributed by atoms with van der Waals surface area (Å²) in [6, 6.07) is 2.02. The molecule has 1 aromatic rings. The molecular formula is C15H12ClF3INO6. The van der Waals surface area contributed by atoms with Gasteiger partial charge in [-0.1, -0.05) is 11.6 Å². The number of hydrogen-bond donors (Lipinski definition) is 0. The normalized spacial score (nSPS) is 14.9. The van der Waals surface area contributed by atoms with E-state index >= 15 is 0 Å². The molecule has 7 nitrogen and oxygen atoms in total. The molecule has 0 unspecified atom stereocenters. The average Bonchev–Trinajstić information content (AvgIpc) is 2.58. The van der Waals surface area contributed by atoms with E-state index in [4.69, 9.17) is 21.1 Å². The summed E-state index contributed by atoms with van der Waals surface area (Å²) in [6.07, 6.45) is -4.89. The zero-order chi connectivity index (χ0) is 20.4. The summed E-state index contributed by atoms with van der Waals surface area (Å²) in [5.74, 6) is -2.21. The van der Waals surface area contributed by atoms with E-state index in [0.29, 0.717) is 0 Å². The highest BCUT2D eigenvalue weighted by Crippen LogP contribution is 2.40. The zero-order valence-corrected chi connectivity index (χ0v) is 16.8. The molecule has 0 aromatic heterocycles. The number of ether oxygens (including phenoxy) is 4. The Balaban J connectivity index is 2.58. The molecule has 12 heteroatoms. The fourth-order valence-electron chi connectivity index (χ4n) is 2.31. The molecule has 2 rings (SSSR count).